The summed E-state index contributed by atoms with van der Waals surface area (Å²) in [4.78, 5) is 11.5. The molecule has 3 N–H and O–H groups in total. The van der Waals surface area contributed by atoms with E-state index in [0.29, 0.717) is 0 Å². The first-order chi connectivity index (χ1) is 5.79. The van der Waals surface area contributed by atoms with Crippen molar-refractivity contribution in [3.63, 3.8) is 0 Å². The quantitative estimate of drug-likeness (QED) is 0.644. The molecule has 0 saturated heterocycles. The molecule has 0 aliphatic rings. The highest BCUT2D eigenvalue weighted by atomic mass is 16.2. The van der Waals surface area contributed by atoms with Crippen molar-refractivity contribution in [2.24, 2.45) is 11.1 Å². The van der Waals surface area contributed by atoms with Gasteiger partial charge in [0.15, 0.2) is 0 Å². The summed E-state index contributed by atoms with van der Waals surface area (Å²) in [5.74, 6) is -0.125. The van der Waals surface area contributed by atoms with Crippen LogP contribution in [0, 0.1) is 5.41 Å². The van der Waals surface area contributed by atoms with Gasteiger partial charge >= 0.3 is 0 Å². The number of carbonyl (C=O) groups is 1. The van der Waals surface area contributed by atoms with Crippen molar-refractivity contribution < 1.29 is 4.79 Å². The number of hydrogen-bond donors (Lipinski definition) is 2. The number of nitrogens with one attached hydrogen (secondary N) is 1. The van der Waals surface area contributed by atoms with Gasteiger partial charge in [0.1, 0.15) is 0 Å². The zero-order chi connectivity index (χ0) is 10.6. The van der Waals surface area contributed by atoms with Gasteiger partial charge in [-0.2, -0.15) is 0 Å². The molecule has 0 aromatic rings. The predicted molar refractivity (Wildman–Crippen MR) is 55.2 cm³/mol. The van der Waals surface area contributed by atoms with Gasteiger partial charge in [0.05, 0.1) is 6.04 Å². The van der Waals surface area contributed by atoms with E-state index in [0.717, 1.165) is 0 Å². The number of rotatable bonds is 3. The molecule has 76 valence electrons. The van der Waals surface area contributed by atoms with Crippen LogP contribution in [0.5, 0.6) is 0 Å². The molecule has 1 amide bonds. The van der Waals surface area contributed by atoms with Crippen LogP contribution in [0.2, 0.25) is 0 Å². The fourth-order valence-electron chi connectivity index (χ4n) is 0.766. The highest BCUT2D eigenvalue weighted by Crippen LogP contribution is 2.17. The molecule has 3 nitrogen and oxygen atoms in total. The summed E-state index contributed by atoms with van der Waals surface area (Å²) in [5.41, 5.74) is 5.55. The van der Waals surface area contributed by atoms with Crippen molar-refractivity contribution in [2.45, 2.75) is 39.8 Å². The maximum Gasteiger partial charge on any atom is 0.237 e. The third-order valence-electron chi connectivity index (χ3n) is 1.94. The second-order valence-electron chi connectivity index (χ2n) is 4.38. The first kappa shape index (κ1) is 12.2. The van der Waals surface area contributed by atoms with Crippen LogP contribution in [0.3, 0.4) is 0 Å². The Morgan fingerprint density at radius 2 is 2.00 bits per heavy atom. The topological polar surface area (TPSA) is 55.1 Å². The largest absolute Gasteiger partial charge is 0.349 e. The number of amides is 1. The molecule has 0 heterocycles. The molecule has 0 spiro atoms. The summed E-state index contributed by atoms with van der Waals surface area (Å²) in [5, 5.41) is 2.75. The van der Waals surface area contributed by atoms with Crippen molar-refractivity contribution in [2.75, 3.05) is 0 Å². The summed E-state index contributed by atoms with van der Waals surface area (Å²) >= 11 is 0. The first-order valence-electron chi connectivity index (χ1n) is 4.47. The lowest BCUT2D eigenvalue weighted by molar-refractivity contribution is -0.124. The van der Waals surface area contributed by atoms with Crippen LogP contribution in [0.15, 0.2) is 12.7 Å². The Morgan fingerprint density at radius 1 is 1.54 bits per heavy atom. The fourth-order valence-corrected chi connectivity index (χ4v) is 0.766. The molecule has 0 saturated carbocycles. The van der Waals surface area contributed by atoms with Crippen molar-refractivity contribution in [3.8, 4) is 0 Å². The van der Waals surface area contributed by atoms with E-state index in [-0.39, 0.29) is 17.4 Å². The van der Waals surface area contributed by atoms with Crippen LogP contribution in [-0.4, -0.2) is 18.0 Å². The molecule has 3 heteroatoms. The molecule has 0 aromatic heterocycles. The molecule has 13 heavy (non-hydrogen) atoms. The lowest BCUT2D eigenvalue weighted by Gasteiger charge is -2.26. The SMILES string of the molecule is C=CC(C)NC(=O)[C@H](N)C(C)(C)C. The van der Waals surface area contributed by atoms with E-state index in [1.54, 1.807) is 6.08 Å². The van der Waals surface area contributed by atoms with Gasteiger partial charge in [-0.25, -0.2) is 0 Å². The van der Waals surface area contributed by atoms with E-state index in [4.69, 9.17) is 5.73 Å². The Morgan fingerprint density at radius 3 is 2.31 bits per heavy atom. The van der Waals surface area contributed by atoms with Gasteiger partial charge in [0.2, 0.25) is 5.91 Å². The standard InChI is InChI=1S/C10H20N2O/c1-6-7(2)12-9(13)8(11)10(3,4)5/h6-8H,1,11H2,2-5H3,(H,12,13)/t7?,8-/m0/s1. The molecule has 0 aromatic carbocycles. The second kappa shape index (κ2) is 4.42. The fraction of sp³-hybridized carbons (Fsp3) is 0.700. The second-order valence-corrected chi connectivity index (χ2v) is 4.38. The molecule has 0 aliphatic carbocycles. The van der Waals surface area contributed by atoms with Gasteiger partial charge in [-0.05, 0) is 12.3 Å². The molecule has 0 bridgehead atoms. The van der Waals surface area contributed by atoms with E-state index in [1.165, 1.54) is 0 Å². The van der Waals surface area contributed by atoms with Crippen LogP contribution in [0.1, 0.15) is 27.7 Å². The van der Waals surface area contributed by atoms with Gasteiger partial charge < -0.3 is 11.1 Å². The number of carbonyl (C=O) groups excluding carboxylic acids is 1. The van der Waals surface area contributed by atoms with Gasteiger partial charge in [0, 0.05) is 6.04 Å². The average molecular weight is 184 g/mol. The maximum absolute atomic E-state index is 11.5. The smallest absolute Gasteiger partial charge is 0.237 e. The van der Waals surface area contributed by atoms with Crippen molar-refractivity contribution in [1.82, 2.24) is 5.32 Å². The van der Waals surface area contributed by atoms with Gasteiger partial charge in [-0.15, -0.1) is 6.58 Å². The highest BCUT2D eigenvalue weighted by molar-refractivity contribution is 5.82. The summed E-state index contributed by atoms with van der Waals surface area (Å²) in [6, 6.07) is -0.504. The molecule has 2 atom stereocenters. The minimum absolute atomic E-state index is 0.0269. The predicted octanol–water partition coefficient (Wildman–Crippen LogP) is 1.05. The Labute approximate surface area is 80.4 Å². The number of nitrogens with two attached hydrogens (primary N) is 1. The van der Waals surface area contributed by atoms with Gasteiger partial charge in [0.25, 0.3) is 0 Å². The van der Waals surface area contributed by atoms with Gasteiger partial charge in [-0.3, -0.25) is 4.79 Å². The molecule has 0 fully saturated rings. The Bertz CT molecular complexity index is 194. The van der Waals surface area contributed by atoms with Crippen LogP contribution in [0.25, 0.3) is 0 Å². The van der Waals surface area contributed by atoms with E-state index >= 15 is 0 Å². The Balaban J connectivity index is 4.20. The summed E-state index contributed by atoms with van der Waals surface area (Å²) < 4.78 is 0. The Hall–Kier alpha value is -0.830. The van der Waals surface area contributed by atoms with E-state index in [9.17, 15) is 4.79 Å². The van der Waals surface area contributed by atoms with E-state index in [1.807, 2.05) is 27.7 Å². The molecule has 0 aliphatic heterocycles. The molecule has 0 radical (unpaired) electrons. The third kappa shape index (κ3) is 4.08. The van der Waals surface area contributed by atoms with Crippen molar-refractivity contribution in [3.05, 3.63) is 12.7 Å². The van der Waals surface area contributed by atoms with Crippen LogP contribution in [-0.2, 0) is 4.79 Å². The first-order valence-corrected chi connectivity index (χ1v) is 4.47. The highest BCUT2D eigenvalue weighted by Gasteiger charge is 2.27. The van der Waals surface area contributed by atoms with Crippen LogP contribution >= 0.6 is 0 Å². The normalized spacial score (nSPS) is 16.1. The Kier molecular flexibility index (Phi) is 4.14. The van der Waals surface area contributed by atoms with Crippen molar-refractivity contribution >= 4 is 5.91 Å². The molecule has 0 rings (SSSR count). The molecule has 1 unspecified atom stereocenters. The minimum atomic E-state index is -0.477. The number of hydrogen-bond acceptors (Lipinski definition) is 2. The maximum atomic E-state index is 11.5. The zero-order valence-corrected chi connectivity index (χ0v) is 8.92. The van der Waals surface area contributed by atoms with Gasteiger partial charge in [-0.1, -0.05) is 26.8 Å². The summed E-state index contributed by atoms with van der Waals surface area (Å²) in [6.07, 6.45) is 1.67. The molecular weight excluding hydrogens is 164 g/mol. The zero-order valence-electron chi connectivity index (χ0n) is 8.92. The average Bonchev–Trinajstić information content (AvgIpc) is 2.01. The summed E-state index contributed by atoms with van der Waals surface area (Å²) in [6.45, 7) is 11.3. The van der Waals surface area contributed by atoms with Crippen molar-refractivity contribution in [1.29, 1.82) is 0 Å². The van der Waals surface area contributed by atoms with Crippen LogP contribution in [0.4, 0.5) is 0 Å². The lowest BCUT2D eigenvalue weighted by Crippen LogP contribution is -2.50. The summed E-state index contributed by atoms with van der Waals surface area (Å²) in [7, 11) is 0. The third-order valence-corrected chi connectivity index (χ3v) is 1.94. The molecular formula is C10H20N2O. The minimum Gasteiger partial charge on any atom is -0.349 e. The van der Waals surface area contributed by atoms with E-state index < -0.39 is 6.04 Å². The van der Waals surface area contributed by atoms with Crippen LogP contribution < -0.4 is 11.1 Å². The lowest BCUT2D eigenvalue weighted by atomic mass is 9.87. The van der Waals surface area contributed by atoms with E-state index in [2.05, 4.69) is 11.9 Å². The monoisotopic (exact) mass is 184 g/mol.